The monoisotopic (exact) mass is 276 g/mol. The van der Waals surface area contributed by atoms with Gasteiger partial charge in [0.15, 0.2) is 0 Å². The molecule has 20 heavy (non-hydrogen) atoms. The maximum Gasteiger partial charge on any atom is 0.233 e. The zero-order valence-electron chi connectivity index (χ0n) is 11.7. The van der Waals surface area contributed by atoms with Gasteiger partial charge >= 0.3 is 0 Å². The smallest absolute Gasteiger partial charge is 0.233 e. The molecule has 1 aromatic heterocycles. The quantitative estimate of drug-likeness (QED) is 0.816. The first kappa shape index (κ1) is 14.6. The van der Waals surface area contributed by atoms with Crippen LogP contribution in [0.15, 0.2) is 16.5 Å². The van der Waals surface area contributed by atoms with E-state index in [1.54, 1.807) is 13.1 Å². The molecule has 0 aromatic carbocycles. The van der Waals surface area contributed by atoms with E-state index in [-0.39, 0.29) is 5.91 Å². The zero-order chi connectivity index (χ0) is 14.4. The molecule has 1 aromatic rings. The van der Waals surface area contributed by atoms with Crippen LogP contribution in [-0.4, -0.2) is 43.5 Å². The molecule has 0 aliphatic carbocycles. The second-order valence-electron chi connectivity index (χ2n) is 4.98. The summed E-state index contributed by atoms with van der Waals surface area (Å²) in [5.41, 5.74) is 0. The number of nitrogens with one attached hydrogen (secondary N) is 2. The number of piperidine rings is 1. The molecule has 1 aliphatic heterocycles. The Labute approximate surface area is 118 Å². The van der Waals surface area contributed by atoms with Crippen molar-refractivity contribution in [3.05, 3.63) is 23.7 Å². The van der Waals surface area contributed by atoms with Crippen molar-refractivity contribution in [2.24, 2.45) is 0 Å². The standard InChI is InChI=1S/C14H20N4O2/c1-16-14(19)10-18-6-4-11(5-7-18)17-9-13-3-2-12(8-15)20-13/h2-3,11,17H,4-7,9-10H2,1H3,(H,16,19). The molecule has 0 unspecified atom stereocenters. The van der Waals surface area contributed by atoms with Gasteiger partial charge < -0.3 is 15.1 Å². The van der Waals surface area contributed by atoms with Crippen molar-refractivity contribution in [3.8, 4) is 6.07 Å². The van der Waals surface area contributed by atoms with Crippen molar-refractivity contribution in [3.63, 3.8) is 0 Å². The lowest BCUT2D eigenvalue weighted by atomic mass is 10.1. The summed E-state index contributed by atoms with van der Waals surface area (Å²) < 4.78 is 5.33. The lowest BCUT2D eigenvalue weighted by Crippen LogP contribution is -2.45. The Balaban J connectivity index is 1.69. The molecule has 6 heteroatoms. The van der Waals surface area contributed by atoms with E-state index in [0.29, 0.717) is 24.9 Å². The van der Waals surface area contributed by atoms with Crippen molar-refractivity contribution < 1.29 is 9.21 Å². The molecule has 0 spiro atoms. The third-order valence-electron chi connectivity index (χ3n) is 3.57. The summed E-state index contributed by atoms with van der Waals surface area (Å²) >= 11 is 0. The van der Waals surface area contributed by atoms with E-state index in [0.717, 1.165) is 31.7 Å². The van der Waals surface area contributed by atoms with E-state index in [1.807, 2.05) is 12.1 Å². The number of nitriles is 1. The van der Waals surface area contributed by atoms with Gasteiger partial charge in [-0.2, -0.15) is 5.26 Å². The fourth-order valence-corrected chi connectivity index (χ4v) is 2.36. The number of likely N-dealkylation sites (N-methyl/N-ethyl adjacent to an activating group) is 1. The van der Waals surface area contributed by atoms with Crippen LogP contribution in [0.1, 0.15) is 24.4 Å². The van der Waals surface area contributed by atoms with E-state index >= 15 is 0 Å². The summed E-state index contributed by atoms with van der Waals surface area (Å²) in [5.74, 6) is 1.20. The number of hydrogen-bond donors (Lipinski definition) is 2. The van der Waals surface area contributed by atoms with Crippen LogP contribution in [0.25, 0.3) is 0 Å². The molecule has 0 bridgehead atoms. The molecule has 2 N–H and O–H groups in total. The molecule has 1 amide bonds. The lowest BCUT2D eigenvalue weighted by Gasteiger charge is -2.31. The van der Waals surface area contributed by atoms with Crippen LogP contribution in [0.4, 0.5) is 0 Å². The van der Waals surface area contributed by atoms with E-state index in [1.165, 1.54) is 0 Å². The van der Waals surface area contributed by atoms with Gasteiger partial charge in [0.25, 0.3) is 0 Å². The van der Waals surface area contributed by atoms with E-state index in [2.05, 4.69) is 15.5 Å². The molecular formula is C14H20N4O2. The molecule has 2 heterocycles. The summed E-state index contributed by atoms with van der Waals surface area (Å²) in [7, 11) is 1.66. The number of nitrogens with zero attached hydrogens (tertiary/aromatic N) is 2. The molecule has 0 radical (unpaired) electrons. The molecule has 6 nitrogen and oxygen atoms in total. The Morgan fingerprint density at radius 2 is 2.25 bits per heavy atom. The summed E-state index contributed by atoms with van der Waals surface area (Å²) in [6.07, 6.45) is 2.03. The van der Waals surface area contributed by atoms with Crippen LogP contribution < -0.4 is 10.6 Å². The number of carbonyl (C=O) groups excluding carboxylic acids is 1. The largest absolute Gasteiger partial charge is 0.449 e. The number of furan rings is 1. The molecule has 0 saturated carbocycles. The normalized spacial score (nSPS) is 16.8. The Hall–Kier alpha value is -1.84. The van der Waals surface area contributed by atoms with Crippen molar-refractivity contribution in [1.29, 1.82) is 5.26 Å². The van der Waals surface area contributed by atoms with Crippen LogP contribution in [-0.2, 0) is 11.3 Å². The molecule has 2 rings (SSSR count). The number of rotatable bonds is 5. The SMILES string of the molecule is CNC(=O)CN1CCC(NCc2ccc(C#N)o2)CC1. The van der Waals surface area contributed by atoms with Gasteiger partial charge in [-0.15, -0.1) is 0 Å². The van der Waals surface area contributed by atoms with Gasteiger partial charge in [0.1, 0.15) is 11.8 Å². The second-order valence-corrected chi connectivity index (χ2v) is 4.98. The highest BCUT2D eigenvalue weighted by atomic mass is 16.3. The van der Waals surface area contributed by atoms with Gasteiger partial charge in [-0.3, -0.25) is 9.69 Å². The number of likely N-dealkylation sites (tertiary alicyclic amines) is 1. The van der Waals surface area contributed by atoms with Crippen LogP contribution in [0, 0.1) is 11.3 Å². The molecular weight excluding hydrogens is 256 g/mol. The Morgan fingerprint density at radius 1 is 1.50 bits per heavy atom. The highest BCUT2D eigenvalue weighted by Gasteiger charge is 2.20. The van der Waals surface area contributed by atoms with Crippen molar-refractivity contribution >= 4 is 5.91 Å². The fourth-order valence-electron chi connectivity index (χ4n) is 2.36. The maximum absolute atomic E-state index is 11.3. The van der Waals surface area contributed by atoms with Crippen LogP contribution in [0.5, 0.6) is 0 Å². The van der Waals surface area contributed by atoms with Gasteiger partial charge in [0.2, 0.25) is 11.7 Å². The van der Waals surface area contributed by atoms with E-state index < -0.39 is 0 Å². The lowest BCUT2D eigenvalue weighted by molar-refractivity contribution is -0.122. The topological polar surface area (TPSA) is 81.3 Å². The second kappa shape index (κ2) is 7.08. The Bertz CT molecular complexity index is 484. The molecule has 1 saturated heterocycles. The van der Waals surface area contributed by atoms with Gasteiger partial charge in [-0.25, -0.2) is 0 Å². The van der Waals surface area contributed by atoms with Gasteiger partial charge in [0.05, 0.1) is 13.1 Å². The minimum absolute atomic E-state index is 0.0658. The maximum atomic E-state index is 11.3. The highest BCUT2D eigenvalue weighted by molar-refractivity contribution is 5.77. The summed E-state index contributed by atoms with van der Waals surface area (Å²) in [5, 5.41) is 14.8. The summed E-state index contributed by atoms with van der Waals surface area (Å²) in [6.45, 7) is 2.97. The molecule has 1 aliphatic rings. The average molecular weight is 276 g/mol. The van der Waals surface area contributed by atoms with Crippen molar-refractivity contribution in [1.82, 2.24) is 15.5 Å². The summed E-state index contributed by atoms with van der Waals surface area (Å²) in [4.78, 5) is 13.5. The van der Waals surface area contributed by atoms with Crippen LogP contribution in [0.3, 0.4) is 0 Å². The van der Waals surface area contributed by atoms with Gasteiger partial charge in [-0.1, -0.05) is 0 Å². The Morgan fingerprint density at radius 3 is 2.85 bits per heavy atom. The van der Waals surface area contributed by atoms with Crippen molar-refractivity contribution in [2.75, 3.05) is 26.7 Å². The minimum atomic E-state index is 0.0658. The average Bonchev–Trinajstić information content (AvgIpc) is 2.94. The van der Waals surface area contributed by atoms with Crippen LogP contribution in [0.2, 0.25) is 0 Å². The number of carbonyl (C=O) groups is 1. The fraction of sp³-hybridized carbons (Fsp3) is 0.571. The highest BCUT2D eigenvalue weighted by Crippen LogP contribution is 2.12. The number of hydrogen-bond acceptors (Lipinski definition) is 5. The molecule has 108 valence electrons. The summed E-state index contributed by atoms with van der Waals surface area (Å²) in [6, 6.07) is 5.92. The third kappa shape index (κ3) is 4.08. The number of amides is 1. The van der Waals surface area contributed by atoms with Crippen LogP contribution >= 0.6 is 0 Å². The molecule has 1 fully saturated rings. The first-order chi connectivity index (χ1) is 9.71. The molecule has 0 atom stereocenters. The van der Waals surface area contributed by atoms with Gasteiger partial charge in [-0.05, 0) is 25.0 Å². The van der Waals surface area contributed by atoms with E-state index in [4.69, 9.17) is 9.68 Å². The Kier molecular flexibility index (Phi) is 5.16. The predicted molar refractivity (Wildman–Crippen MR) is 73.8 cm³/mol. The van der Waals surface area contributed by atoms with E-state index in [9.17, 15) is 4.79 Å². The zero-order valence-corrected chi connectivity index (χ0v) is 11.7. The van der Waals surface area contributed by atoms with Gasteiger partial charge in [0, 0.05) is 26.2 Å². The van der Waals surface area contributed by atoms with Crippen molar-refractivity contribution in [2.45, 2.75) is 25.4 Å². The first-order valence-electron chi connectivity index (χ1n) is 6.86. The predicted octanol–water partition coefficient (Wildman–Crippen LogP) is 0.451. The third-order valence-corrected chi connectivity index (χ3v) is 3.57. The first-order valence-corrected chi connectivity index (χ1v) is 6.86. The minimum Gasteiger partial charge on any atom is -0.449 e.